The molecule has 1 amide bonds. The van der Waals surface area contributed by atoms with Gasteiger partial charge in [0, 0.05) is 16.7 Å². The Bertz CT molecular complexity index is 662. The van der Waals surface area contributed by atoms with E-state index in [1.165, 1.54) is 11.1 Å². The Balaban J connectivity index is 1.74. The van der Waals surface area contributed by atoms with Gasteiger partial charge in [0.05, 0.1) is 18.7 Å². The Kier molecular flexibility index (Phi) is 5.33. The van der Waals surface area contributed by atoms with Gasteiger partial charge in [-0.05, 0) is 42.7 Å². The smallest absolute Gasteiger partial charge is 0.252 e. The standard InChI is InChI=1S/C17H22N4O2S/c1-11-13-6-4-3-5-12(13)7-8-21(11)17(22)15-9-14(19-20-18)16(24-2)10-23-15/h3-6,11,14-16H,7-10H2,1-2H3/t11-,14?,15+,16+/m0/s1. The number of carbonyl (C=O) groups excluding carboxylic acids is 1. The highest BCUT2D eigenvalue weighted by Gasteiger charge is 2.38. The molecular weight excluding hydrogens is 324 g/mol. The van der Waals surface area contributed by atoms with Gasteiger partial charge >= 0.3 is 0 Å². The lowest BCUT2D eigenvalue weighted by Crippen LogP contribution is -2.50. The average Bonchev–Trinajstić information content (AvgIpc) is 2.62. The summed E-state index contributed by atoms with van der Waals surface area (Å²) in [4.78, 5) is 17.8. The van der Waals surface area contributed by atoms with E-state index in [4.69, 9.17) is 10.3 Å². The molecule has 0 aliphatic carbocycles. The van der Waals surface area contributed by atoms with E-state index in [1.807, 2.05) is 23.3 Å². The fourth-order valence-corrected chi connectivity index (χ4v) is 4.30. The first-order chi connectivity index (χ1) is 11.7. The fourth-order valence-electron chi connectivity index (χ4n) is 3.60. The van der Waals surface area contributed by atoms with Gasteiger partial charge in [0.1, 0.15) is 6.10 Å². The number of thioether (sulfide) groups is 1. The lowest BCUT2D eigenvalue weighted by Gasteiger charge is -2.40. The van der Waals surface area contributed by atoms with Crippen LogP contribution >= 0.6 is 11.8 Å². The molecule has 1 saturated heterocycles. The Morgan fingerprint density at radius 2 is 2.25 bits per heavy atom. The number of benzene rings is 1. The zero-order chi connectivity index (χ0) is 17.1. The van der Waals surface area contributed by atoms with Crippen LogP contribution in [0.1, 0.15) is 30.5 Å². The van der Waals surface area contributed by atoms with Crippen molar-refractivity contribution in [3.05, 3.63) is 45.8 Å². The molecule has 1 unspecified atom stereocenters. The van der Waals surface area contributed by atoms with E-state index in [2.05, 4.69) is 29.1 Å². The molecule has 1 fully saturated rings. The normalized spacial score (nSPS) is 29.5. The van der Waals surface area contributed by atoms with Gasteiger partial charge in [-0.3, -0.25) is 4.79 Å². The molecule has 0 aromatic heterocycles. The second kappa shape index (κ2) is 7.47. The summed E-state index contributed by atoms with van der Waals surface area (Å²) in [5, 5.41) is 3.99. The largest absolute Gasteiger partial charge is 0.367 e. The van der Waals surface area contributed by atoms with Gasteiger partial charge < -0.3 is 9.64 Å². The first kappa shape index (κ1) is 17.1. The molecule has 6 nitrogen and oxygen atoms in total. The molecule has 0 saturated carbocycles. The molecule has 1 aromatic rings. The van der Waals surface area contributed by atoms with E-state index < -0.39 is 6.10 Å². The predicted octanol–water partition coefficient (Wildman–Crippen LogP) is 3.33. The van der Waals surface area contributed by atoms with Crippen LogP contribution in [-0.4, -0.2) is 47.6 Å². The number of nitrogens with zero attached hydrogens (tertiary/aromatic N) is 4. The molecule has 0 spiro atoms. The molecule has 3 rings (SSSR count). The molecule has 2 aliphatic rings. The summed E-state index contributed by atoms with van der Waals surface area (Å²) in [6, 6.07) is 8.13. The SMILES string of the molecule is CS[C@@H]1CO[C@@H](C(=O)N2CCc3ccccc3[C@@H]2C)CC1N=[N+]=[N-]. The van der Waals surface area contributed by atoms with Crippen molar-refractivity contribution in [2.75, 3.05) is 19.4 Å². The Morgan fingerprint density at radius 3 is 3.00 bits per heavy atom. The zero-order valence-electron chi connectivity index (χ0n) is 14.0. The molecule has 2 heterocycles. The van der Waals surface area contributed by atoms with Crippen LogP contribution in [0.3, 0.4) is 0 Å². The summed E-state index contributed by atoms with van der Waals surface area (Å²) in [5.41, 5.74) is 11.3. The monoisotopic (exact) mass is 346 g/mol. The summed E-state index contributed by atoms with van der Waals surface area (Å²) in [6.45, 7) is 3.21. The van der Waals surface area contributed by atoms with Crippen molar-refractivity contribution >= 4 is 17.7 Å². The van der Waals surface area contributed by atoms with Crippen molar-refractivity contribution in [3.63, 3.8) is 0 Å². The number of carbonyl (C=O) groups is 1. The third-order valence-corrected chi connectivity index (χ3v) is 6.06. The molecule has 4 atom stereocenters. The molecular formula is C17H22N4O2S. The third-order valence-electron chi connectivity index (χ3n) is 5.00. The molecule has 2 aliphatic heterocycles. The van der Waals surface area contributed by atoms with Crippen molar-refractivity contribution in [3.8, 4) is 0 Å². The van der Waals surface area contributed by atoms with E-state index in [1.54, 1.807) is 11.8 Å². The maximum absolute atomic E-state index is 13.0. The van der Waals surface area contributed by atoms with Crippen molar-refractivity contribution in [2.24, 2.45) is 5.11 Å². The Hall–Kier alpha value is -1.69. The van der Waals surface area contributed by atoms with Crippen LogP contribution in [0.2, 0.25) is 0 Å². The molecule has 128 valence electrons. The summed E-state index contributed by atoms with van der Waals surface area (Å²) >= 11 is 1.62. The molecule has 24 heavy (non-hydrogen) atoms. The van der Waals surface area contributed by atoms with E-state index in [-0.39, 0.29) is 23.2 Å². The summed E-state index contributed by atoms with van der Waals surface area (Å²) in [7, 11) is 0. The molecule has 7 heteroatoms. The van der Waals surface area contributed by atoms with Crippen LogP contribution in [0, 0.1) is 0 Å². The zero-order valence-corrected chi connectivity index (χ0v) is 14.8. The van der Waals surface area contributed by atoms with Gasteiger partial charge in [-0.1, -0.05) is 29.4 Å². The van der Waals surface area contributed by atoms with Crippen molar-refractivity contribution in [1.82, 2.24) is 4.90 Å². The second-order valence-electron chi connectivity index (χ2n) is 6.26. The maximum Gasteiger partial charge on any atom is 0.252 e. The Morgan fingerprint density at radius 1 is 1.46 bits per heavy atom. The molecule has 0 bridgehead atoms. The van der Waals surface area contributed by atoms with Gasteiger partial charge in [-0.15, -0.1) is 0 Å². The van der Waals surface area contributed by atoms with Crippen LogP contribution in [0.15, 0.2) is 29.4 Å². The van der Waals surface area contributed by atoms with E-state index >= 15 is 0 Å². The van der Waals surface area contributed by atoms with Crippen LogP contribution in [0.5, 0.6) is 0 Å². The van der Waals surface area contributed by atoms with E-state index in [9.17, 15) is 4.79 Å². The summed E-state index contributed by atoms with van der Waals surface area (Å²) in [5.74, 6) is 0.00898. The van der Waals surface area contributed by atoms with Crippen molar-refractivity contribution < 1.29 is 9.53 Å². The minimum absolute atomic E-state index is 0.00898. The summed E-state index contributed by atoms with van der Waals surface area (Å²) in [6.07, 6.45) is 2.78. The number of hydrogen-bond donors (Lipinski definition) is 0. The van der Waals surface area contributed by atoms with Crippen LogP contribution in [0.4, 0.5) is 0 Å². The van der Waals surface area contributed by atoms with Gasteiger partial charge in [0.25, 0.3) is 5.91 Å². The Labute approximate surface area is 146 Å². The van der Waals surface area contributed by atoms with Gasteiger partial charge in [-0.2, -0.15) is 11.8 Å². The first-order valence-corrected chi connectivity index (χ1v) is 9.51. The lowest BCUT2D eigenvalue weighted by atomic mass is 9.92. The molecule has 1 aromatic carbocycles. The number of azide groups is 1. The number of ether oxygens (including phenoxy) is 1. The fraction of sp³-hybridized carbons (Fsp3) is 0.588. The topological polar surface area (TPSA) is 78.3 Å². The minimum atomic E-state index is -0.517. The van der Waals surface area contributed by atoms with Crippen LogP contribution < -0.4 is 0 Å². The summed E-state index contributed by atoms with van der Waals surface area (Å²) < 4.78 is 5.81. The van der Waals surface area contributed by atoms with Gasteiger partial charge in [0.15, 0.2) is 0 Å². The average molecular weight is 346 g/mol. The van der Waals surface area contributed by atoms with Crippen molar-refractivity contribution in [2.45, 2.75) is 43.2 Å². The quantitative estimate of drug-likeness (QED) is 0.478. The first-order valence-electron chi connectivity index (χ1n) is 8.22. The maximum atomic E-state index is 13.0. The number of rotatable bonds is 3. The van der Waals surface area contributed by atoms with Gasteiger partial charge in [0.2, 0.25) is 0 Å². The number of amides is 1. The second-order valence-corrected chi connectivity index (χ2v) is 7.34. The minimum Gasteiger partial charge on any atom is -0.367 e. The number of hydrogen-bond acceptors (Lipinski definition) is 4. The van der Waals surface area contributed by atoms with Crippen LogP contribution in [-0.2, 0) is 16.0 Å². The third kappa shape index (κ3) is 3.24. The lowest BCUT2D eigenvalue weighted by molar-refractivity contribution is -0.149. The predicted molar refractivity (Wildman–Crippen MR) is 94.9 cm³/mol. The highest BCUT2D eigenvalue weighted by Crippen LogP contribution is 2.32. The number of fused-ring (bicyclic) bond motifs is 1. The molecule has 0 N–H and O–H groups in total. The van der Waals surface area contributed by atoms with E-state index in [0.717, 1.165) is 6.42 Å². The molecule has 0 radical (unpaired) electrons. The van der Waals surface area contributed by atoms with Crippen molar-refractivity contribution in [1.29, 1.82) is 0 Å². The van der Waals surface area contributed by atoms with E-state index in [0.29, 0.717) is 19.6 Å². The van der Waals surface area contributed by atoms with Gasteiger partial charge in [-0.25, -0.2) is 0 Å². The highest BCUT2D eigenvalue weighted by atomic mass is 32.2. The highest BCUT2D eigenvalue weighted by molar-refractivity contribution is 7.99. The van der Waals surface area contributed by atoms with Crippen LogP contribution in [0.25, 0.3) is 10.4 Å².